The van der Waals surface area contributed by atoms with Crippen molar-refractivity contribution >= 4 is 15.9 Å². The van der Waals surface area contributed by atoms with Crippen molar-refractivity contribution in [3.05, 3.63) is 35.9 Å². The van der Waals surface area contributed by atoms with Crippen LogP contribution in [-0.2, 0) is 10.0 Å². The molecule has 1 amide bonds. The van der Waals surface area contributed by atoms with Crippen molar-refractivity contribution < 1.29 is 13.2 Å². The third kappa shape index (κ3) is 3.40. The third-order valence-corrected chi connectivity index (χ3v) is 8.24. The Bertz CT molecular complexity index is 733. The fraction of sp³-hybridized carbons (Fsp3) is 0.632. The minimum absolute atomic E-state index is 0.0789. The molecule has 0 aliphatic carbocycles. The quantitative estimate of drug-likeness (QED) is 0.796. The molecule has 1 aromatic carbocycles. The monoisotopic (exact) mass is 377 g/mol. The first-order valence-corrected chi connectivity index (χ1v) is 11.1. The molecule has 4 rings (SSSR count). The maximum absolute atomic E-state index is 12.9. The van der Waals surface area contributed by atoms with Gasteiger partial charge in [0.1, 0.15) is 5.25 Å². The minimum Gasteiger partial charge on any atom is -0.336 e. The Morgan fingerprint density at radius 1 is 0.923 bits per heavy atom. The summed E-state index contributed by atoms with van der Waals surface area (Å²) >= 11 is 0. The molecule has 0 atom stereocenters. The second-order valence-corrected chi connectivity index (χ2v) is 9.83. The molecule has 3 aliphatic rings. The van der Waals surface area contributed by atoms with Crippen LogP contribution in [0.3, 0.4) is 0 Å². The first-order valence-electron chi connectivity index (χ1n) is 9.63. The largest absolute Gasteiger partial charge is 0.336 e. The molecule has 0 radical (unpaired) electrons. The lowest BCUT2D eigenvalue weighted by molar-refractivity contribution is 0.0653. The van der Waals surface area contributed by atoms with Crippen LogP contribution < -0.4 is 0 Å². The number of hydrogen-bond donors (Lipinski definition) is 0. The molecular formula is C19H27N3O3S. The standard InChI is InChI=1S/C19H27N3O3S/c23-19(16-6-2-1-3-7-16)21-14-18(15-21)26(24,25)22-12-8-17(9-13-22)20-10-4-5-11-20/h1-3,6-7,17-18H,4-5,8-15H2. The Morgan fingerprint density at radius 3 is 2.15 bits per heavy atom. The number of sulfonamides is 1. The zero-order valence-electron chi connectivity index (χ0n) is 15.1. The fourth-order valence-electron chi connectivity index (χ4n) is 4.34. The molecule has 0 N–H and O–H groups in total. The molecule has 0 saturated carbocycles. The summed E-state index contributed by atoms with van der Waals surface area (Å²) in [7, 11) is -3.30. The Labute approximate surface area is 155 Å². The predicted molar refractivity (Wildman–Crippen MR) is 100 cm³/mol. The topological polar surface area (TPSA) is 60.9 Å². The molecule has 7 heteroatoms. The summed E-state index contributed by atoms with van der Waals surface area (Å²) in [4.78, 5) is 16.5. The van der Waals surface area contributed by atoms with Gasteiger partial charge in [0.2, 0.25) is 10.0 Å². The Balaban J connectivity index is 1.31. The lowest BCUT2D eigenvalue weighted by Crippen LogP contribution is -2.61. The molecule has 3 saturated heterocycles. The average Bonchev–Trinajstić information content (AvgIpc) is 3.16. The highest BCUT2D eigenvalue weighted by molar-refractivity contribution is 7.89. The van der Waals surface area contributed by atoms with Crippen molar-refractivity contribution in [1.29, 1.82) is 0 Å². The highest BCUT2D eigenvalue weighted by Crippen LogP contribution is 2.27. The number of benzene rings is 1. The molecule has 3 heterocycles. The van der Waals surface area contributed by atoms with E-state index in [1.807, 2.05) is 18.2 Å². The molecular weight excluding hydrogens is 350 g/mol. The maximum atomic E-state index is 12.9. The van der Waals surface area contributed by atoms with E-state index in [0.717, 1.165) is 25.9 Å². The van der Waals surface area contributed by atoms with Crippen LogP contribution in [0.15, 0.2) is 30.3 Å². The van der Waals surface area contributed by atoms with E-state index in [1.54, 1.807) is 21.3 Å². The van der Waals surface area contributed by atoms with Gasteiger partial charge in [0.05, 0.1) is 0 Å². The highest BCUT2D eigenvalue weighted by Gasteiger charge is 2.44. The average molecular weight is 378 g/mol. The van der Waals surface area contributed by atoms with Crippen LogP contribution in [0.1, 0.15) is 36.0 Å². The SMILES string of the molecule is O=C(c1ccccc1)N1CC(S(=O)(=O)N2CCC(N3CCCC3)CC2)C1. The molecule has 0 aromatic heterocycles. The highest BCUT2D eigenvalue weighted by atomic mass is 32.2. The summed E-state index contributed by atoms with van der Waals surface area (Å²) in [5.41, 5.74) is 0.620. The van der Waals surface area contributed by atoms with Gasteiger partial charge in [0.15, 0.2) is 0 Å². The molecule has 3 aliphatic heterocycles. The smallest absolute Gasteiger partial charge is 0.253 e. The predicted octanol–water partition coefficient (Wildman–Crippen LogP) is 1.40. The van der Waals surface area contributed by atoms with Gasteiger partial charge in [-0.15, -0.1) is 0 Å². The van der Waals surface area contributed by atoms with E-state index in [1.165, 1.54) is 12.8 Å². The van der Waals surface area contributed by atoms with E-state index in [4.69, 9.17) is 0 Å². The lowest BCUT2D eigenvalue weighted by atomic mass is 10.1. The van der Waals surface area contributed by atoms with E-state index in [0.29, 0.717) is 37.8 Å². The van der Waals surface area contributed by atoms with Crippen molar-refractivity contribution in [2.24, 2.45) is 0 Å². The van der Waals surface area contributed by atoms with Crippen LogP contribution >= 0.6 is 0 Å². The summed E-state index contributed by atoms with van der Waals surface area (Å²) in [6.07, 6.45) is 4.40. The van der Waals surface area contributed by atoms with Crippen molar-refractivity contribution in [3.63, 3.8) is 0 Å². The number of amides is 1. The Kier molecular flexibility index (Phi) is 5.03. The van der Waals surface area contributed by atoms with Gasteiger partial charge in [-0.05, 0) is 50.9 Å². The molecule has 0 bridgehead atoms. The summed E-state index contributed by atoms with van der Waals surface area (Å²) in [6, 6.07) is 9.60. The minimum atomic E-state index is -3.30. The second-order valence-electron chi connectivity index (χ2n) is 7.62. The van der Waals surface area contributed by atoms with Crippen LogP contribution in [0.4, 0.5) is 0 Å². The lowest BCUT2D eigenvalue weighted by Gasteiger charge is -2.43. The van der Waals surface area contributed by atoms with Crippen molar-refractivity contribution in [1.82, 2.24) is 14.1 Å². The van der Waals surface area contributed by atoms with Crippen LogP contribution in [0, 0.1) is 0 Å². The molecule has 0 unspecified atom stereocenters. The number of likely N-dealkylation sites (tertiary alicyclic amines) is 2. The fourth-order valence-corrected chi connectivity index (χ4v) is 6.21. The number of carbonyl (C=O) groups is 1. The summed E-state index contributed by atoms with van der Waals surface area (Å²) in [5, 5.41) is -0.446. The zero-order chi connectivity index (χ0) is 18.1. The van der Waals surface area contributed by atoms with E-state index in [2.05, 4.69) is 4.90 Å². The molecule has 26 heavy (non-hydrogen) atoms. The number of piperidine rings is 1. The van der Waals surface area contributed by atoms with Gasteiger partial charge in [0.25, 0.3) is 5.91 Å². The Morgan fingerprint density at radius 2 is 1.54 bits per heavy atom. The second kappa shape index (κ2) is 7.29. The van der Waals surface area contributed by atoms with E-state index >= 15 is 0 Å². The van der Waals surface area contributed by atoms with Gasteiger partial charge in [-0.2, -0.15) is 0 Å². The van der Waals surface area contributed by atoms with Gasteiger partial charge < -0.3 is 9.80 Å². The molecule has 1 aromatic rings. The number of hydrogen-bond acceptors (Lipinski definition) is 4. The van der Waals surface area contributed by atoms with E-state index in [-0.39, 0.29) is 5.91 Å². The molecule has 0 spiro atoms. The van der Waals surface area contributed by atoms with Gasteiger partial charge in [-0.1, -0.05) is 18.2 Å². The summed E-state index contributed by atoms with van der Waals surface area (Å²) in [5.74, 6) is -0.0789. The number of carbonyl (C=O) groups excluding carboxylic acids is 1. The van der Waals surface area contributed by atoms with Crippen LogP contribution in [0.2, 0.25) is 0 Å². The summed E-state index contributed by atoms with van der Waals surface area (Å²) in [6.45, 7) is 4.18. The van der Waals surface area contributed by atoms with Gasteiger partial charge in [-0.3, -0.25) is 4.79 Å². The third-order valence-electron chi connectivity index (χ3n) is 6.02. The zero-order valence-corrected chi connectivity index (χ0v) is 15.9. The van der Waals surface area contributed by atoms with E-state index < -0.39 is 15.3 Å². The maximum Gasteiger partial charge on any atom is 0.253 e. The van der Waals surface area contributed by atoms with Gasteiger partial charge in [-0.25, -0.2) is 12.7 Å². The van der Waals surface area contributed by atoms with Crippen LogP contribution in [-0.4, -0.2) is 79.0 Å². The van der Waals surface area contributed by atoms with Crippen molar-refractivity contribution in [2.75, 3.05) is 39.3 Å². The molecule has 142 valence electrons. The van der Waals surface area contributed by atoms with E-state index in [9.17, 15) is 13.2 Å². The van der Waals surface area contributed by atoms with Crippen LogP contribution in [0.25, 0.3) is 0 Å². The number of nitrogens with zero attached hydrogens (tertiary/aromatic N) is 3. The summed E-state index contributed by atoms with van der Waals surface area (Å²) < 4.78 is 27.4. The van der Waals surface area contributed by atoms with Gasteiger partial charge >= 0.3 is 0 Å². The first kappa shape index (κ1) is 17.9. The normalized spacial score (nSPS) is 23.9. The van der Waals surface area contributed by atoms with Crippen molar-refractivity contribution in [2.45, 2.75) is 37.0 Å². The van der Waals surface area contributed by atoms with Crippen molar-refractivity contribution in [3.8, 4) is 0 Å². The Hall–Kier alpha value is -1.44. The molecule has 6 nitrogen and oxygen atoms in total. The first-order chi connectivity index (χ1) is 12.6. The molecule has 3 fully saturated rings. The van der Waals surface area contributed by atoms with Gasteiger partial charge in [0, 0.05) is 37.8 Å². The van der Waals surface area contributed by atoms with Crippen LogP contribution in [0.5, 0.6) is 0 Å². The number of rotatable bonds is 4.